The molecule has 0 aromatic carbocycles. The maximum atomic E-state index is 3.50. The van der Waals surface area contributed by atoms with Gasteiger partial charge in [0.2, 0.25) is 0 Å². The highest BCUT2D eigenvalue weighted by Gasteiger charge is 2.13. The molecule has 0 aromatic rings. The van der Waals surface area contributed by atoms with Crippen molar-refractivity contribution in [3.05, 3.63) is 12.2 Å². The molecular formula is C13H24N2. The molecule has 2 rings (SSSR count). The van der Waals surface area contributed by atoms with E-state index in [-0.39, 0.29) is 0 Å². The molecule has 0 aromatic heterocycles. The van der Waals surface area contributed by atoms with Gasteiger partial charge in [0, 0.05) is 13.1 Å². The molecule has 0 bridgehead atoms. The second-order valence-electron chi connectivity index (χ2n) is 4.92. The molecule has 0 aliphatic carbocycles. The van der Waals surface area contributed by atoms with Crippen LogP contribution >= 0.6 is 0 Å². The van der Waals surface area contributed by atoms with Gasteiger partial charge in [-0.2, -0.15) is 0 Å². The minimum Gasteiger partial charge on any atom is -0.316 e. The van der Waals surface area contributed by atoms with E-state index in [0.29, 0.717) is 0 Å². The lowest BCUT2D eigenvalue weighted by atomic mass is 9.94. The van der Waals surface area contributed by atoms with Gasteiger partial charge in [-0.05, 0) is 57.7 Å². The average molecular weight is 208 g/mol. The number of rotatable bonds is 4. The van der Waals surface area contributed by atoms with Crippen LogP contribution in [0.4, 0.5) is 0 Å². The Kier molecular flexibility index (Phi) is 4.68. The SMILES string of the molecule is C1=CCN(CCCC2CCCNC2)CC1. The Balaban J connectivity index is 1.55. The molecule has 1 unspecified atom stereocenters. The number of piperidine rings is 1. The average Bonchev–Trinajstić information content (AvgIpc) is 2.32. The summed E-state index contributed by atoms with van der Waals surface area (Å²) in [5.41, 5.74) is 0. The quantitative estimate of drug-likeness (QED) is 0.711. The Hall–Kier alpha value is -0.340. The molecule has 2 heteroatoms. The molecule has 2 aliphatic heterocycles. The highest BCUT2D eigenvalue weighted by molar-refractivity contribution is 4.90. The first-order chi connectivity index (χ1) is 7.45. The Morgan fingerprint density at radius 2 is 2.33 bits per heavy atom. The van der Waals surface area contributed by atoms with Gasteiger partial charge in [0.25, 0.3) is 0 Å². The summed E-state index contributed by atoms with van der Waals surface area (Å²) in [6.45, 7) is 6.27. The lowest BCUT2D eigenvalue weighted by Gasteiger charge is -2.26. The fourth-order valence-corrected chi connectivity index (χ4v) is 2.67. The summed E-state index contributed by atoms with van der Waals surface area (Å²) in [6.07, 6.45) is 11.5. The summed E-state index contributed by atoms with van der Waals surface area (Å²) < 4.78 is 0. The largest absolute Gasteiger partial charge is 0.316 e. The summed E-state index contributed by atoms with van der Waals surface area (Å²) in [7, 11) is 0. The predicted molar refractivity (Wildman–Crippen MR) is 65.0 cm³/mol. The highest BCUT2D eigenvalue weighted by Crippen LogP contribution is 2.16. The smallest absolute Gasteiger partial charge is 0.0163 e. The van der Waals surface area contributed by atoms with Gasteiger partial charge in [0.1, 0.15) is 0 Å². The van der Waals surface area contributed by atoms with Crippen molar-refractivity contribution in [2.45, 2.75) is 32.1 Å². The summed E-state index contributed by atoms with van der Waals surface area (Å²) in [5.74, 6) is 0.957. The van der Waals surface area contributed by atoms with Gasteiger partial charge >= 0.3 is 0 Å². The molecule has 0 saturated carbocycles. The van der Waals surface area contributed by atoms with Crippen LogP contribution in [0.25, 0.3) is 0 Å². The number of nitrogens with zero attached hydrogens (tertiary/aromatic N) is 1. The molecule has 0 radical (unpaired) electrons. The maximum Gasteiger partial charge on any atom is 0.0163 e. The van der Waals surface area contributed by atoms with Gasteiger partial charge < -0.3 is 5.32 Å². The third kappa shape index (κ3) is 3.96. The van der Waals surface area contributed by atoms with E-state index in [1.54, 1.807) is 0 Å². The second kappa shape index (κ2) is 6.29. The van der Waals surface area contributed by atoms with Crippen LogP contribution in [0.5, 0.6) is 0 Å². The lowest BCUT2D eigenvalue weighted by Crippen LogP contribution is -2.31. The predicted octanol–water partition coefficient (Wildman–Crippen LogP) is 2.03. The molecule has 2 heterocycles. The van der Waals surface area contributed by atoms with Crippen LogP contribution < -0.4 is 5.32 Å². The molecule has 1 saturated heterocycles. The maximum absolute atomic E-state index is 3.50. The van der Waals surface area contributed by atoms with Gasteiger partial charge in [0.05, 0.1) is 0 Å². The van der Waals surface area contributed by atoms with Crippen LogP contribution in [-0.2, 0) is 0 Å². The minimum absolute atomic E-state index is 0.957. The Labute approximate surface area is 93.7 Å². The first kappa shape index (κ1) is 11.2. The van der Waals surface area contributed by atoms with Crippen LogP contribution in [-0.4, -0.2) is 37.6 Å². The highest BCUT2D eigenvalue weighted by atomic mass is 15.1. The third-order valence-corrected chi connectivity index (χ3v) is 3.63. The zero-order valence-corrected chi connectivity index (χ0v) is 9.75. The number of hydrogen-bond donors (Lipinski definition) is 1. The summed E-state index contributed by atoms with van der Waals surface area (Å²) in [4.78, 5) is 2.58. The Morgan fingerprint density at radius 3 is 3.07 bits per heavy atom. The molecule has 15 heavy (non-hydrogen) atoms. The van der Waals surface area contributed by atoms with Crippen molar-refractivity contribution >= 4 is 0 Å². The molecule has 1 N–H and O–H groups in total. The van der Waals surface area contributed by atoms with Crippen molar-refractivity contribution in [1.29, 1.82) is 0 Å². The van der Waals surface area contributed by atoms with Gasteiger partial charge in [-0.1, -0.05) is 12.2 Å². The summed E-state index contributed by atoms with van der Waals surface area (Å²) >= 11 is 0. The summed E-state index contributed by atoms with van der Waals surface area (Å²) in [6, 6.07) is 0. The van der Waals surface area contributed by atoms with Gasteiger partial charge in [-0.15, -0.1) is 0 Å². The van der Waals surface area contributed by atoms with Crippen LogP contribution in [0.2, 0.25) is 0 Å². The van der Waals surface area contributed by atoms with E-state index < -0.39 is 0 Å². The fourth-order valence-electron chi connectivity index (χ4n) is 2.67. The van der Waals surface area contributed by atoms with Crippen LogP contribution in [0.1, 0.15) is 32.1 Å². The van der Waals surface area contributed by atoms with Crippen molar-refractivity contribution in [3.63, 3.8) is 0 Å². The van der Waals surface area contributed by atoms with E-state index >= 15 is 0 Å². The van der Waals surface area contributed by atoms with E-state index in [1.807, 2.05) is 0 Å². The van der Waals surface area contributed by atoms with Gasteiger partial charge in [0.15, 0.2) is 0 Å². The fraction of sp³-hybridized carbons (Fsp3) is 0.846. The van der Waals surface area contributed by atoms with E-state index in [2.05, 4.69) is 22.4 Å². The van der Waals surface area contributed by atoms with Crippen LogP contribution in [0.15, 0.2) is 12.2 Å². The second-order valence-corrected chi connectivity index (χ2v) is 4.92. The van der Waals surface area contributed by atoms with Crippen molar-refractivity contribution in [1.82, 2.24) is 10.2 Å². The normalized spacial score (nSPS) is 28.1. The van der Waals surface area contributed by atoms with E-state index in [0.717, 1.165) is 5.92 Å². The molecule has 86 valence electrons. The topological polar surface area (TPSA) is 15.3 Å². The van der Waals surface area contributed by atoms with E-state index in [1.165, 1.54) is 64.8 Å². The molecule has 2 aliphatic rings. The zero-order chi connectivity index (χ0) is 10.3. The molecule has 1 atom stereocenters. The molecule has 2 nitrogen and oxygen atoms in total. The van der Waals surface area contributed by atoms with Gasteiger partial charge in [-0.3, -0.25) is 4.90 Å². The lowest BCUT2D eigenvalue weighted by molar-refractivity contribution is 0.270. The standard InChI is InChI=1S/C13H24N2/c1-2-9-15(10-3-1)11-5-7-13-6-4-8-14-12-13/h1-2,13-14H,3-12H2. The molecular weight excluding hydrogens is 184 g/mol. The van der Waals surface area contributed by atoms with E-state index in [9.17, 15) is 0 Å². The monoisotopic (exact) mass is 208 g/mol. The third-order valence-electron chi connectivity index (χ3n) is 3.63. The molecule has 0 spiro atoms. The van der Waals surface area contributed by atoms with Crippen molar-refractivity contribution in [3.8, 4) is 0 Å². The first-order valence-corrected chi connectivity index (χ1v) is 6.53. The zero-order valence-electron chi connectivity index (χ0n) is 9.75. The summed E-state index contributed by atoms with van der Waals surface area (Å²) in [5, 5.41) is 3.50. The van der Waals surface area contributed by atoms with Crippen LogP contribution in [0, 0.1) is 5.92 Å². The van der Waals surface area contributed by atoms with Crippen molar-refractivity contribution < 1.29 is 0 Å². The number of hydrogen-bond acceptors (Lipinski definition) is 2. The van der Waals surface area contributed by atoms with Crippen LogP contribution in [0.3, 0.4) is 0 Å². The minimum atomic E-state index is 0.957. The Bertz CT molecular complexity index is 195. The van der Waals surface area contributed by atoms with Crippen molar-refractivity contribution in [2.75, 3.05) is 32.7 Å². The van der Waals surface area contributed by atoms with Crippen molar-refractivity contribution in [2.24, 2.45) is 5.92 Å². The first-order valence-electron chi connectivity index (χ1n) is 6.53. The van der Waals surface area contributed by atoms with Gasteiger partial charge in [-0.25, -0.2) is 0 Å². The molecule has 1 fully saturated rings. The molecule has 0 amide bonds. The Morgan fingerprint density at radius 1 is 1.33 bits per heavy atom. The van der Waals surface area contributed by atoms with E-state index in [4.69, 9.17) is 0 Å². The number of nitrogens with one attached hydrogen (secondary N) is 1.